The molecule has 1 rings (SSSR count). The molecule has 0 atom stereocenters. The molecular weight excluding hydrogens is 172 g/mol. The van der Waals surface area contributed by atoms with Crippen molar-refractivity contribution in [3.63, 3.8) is 0 Å². The lowest BCUT2D eigenvalue weighted by molar-refractivity contribution is 0.398. The monoisotopic (exact) mass is 182 g/mol. The lowest BCUT2D eigenvalue weighted by Gasteiger charge is -2.11. The molecule has 64 valence electrons. The van der Waals surface area contributed by atoms with E-state index < -0.39 is 0 Å². The summed E-state index contributed by atoms with van der Waals surface area (Å²) in [7, 11) is 3.43. The van der Waals surface area contributed by atoms with Gasteiger partial charge in [0.15, 0.2) is 0 Å². The summed E-state index contributed by atoms with van der Waals surface area (Å²) in [6.45, 7) is 0. The van der Waals surface area contributed by atoms with Gasteiger partial charge in [-0.05, 0) is 6.07 Å². The molecule has 0 unspecified atom stereocenters. The number of rotatable bonds is 3. The highest BCUT2D eigenvalue weighted by Crippen LogP contribution is 2.12. The molecule has 0 N–H and O–H groups in total. The Kier molecular flexibility index (Phi) is 2.99. The van der Waals surface area contributed by atoms with Gasteiger partial charge < -0.3 is 9.64 Å². The summed E-state index contributed by atoms with van der Waals surface area (Å²) in [4.78, 5) is 5.92. The Bertz CT molecular complexity index is 278. The topological polar surface area (TPSA) is 25.4 Å². The first-order chi connectivity index (χ1) is 5.77. The normalized spacial score (nSPS) is 9.17. The zero-order valence-corrected chi connectivity index (χ0v) is 7.84. The van der Waals surface area contributed by atoms with Crippen molar-refractivity contribution in [3.05, 3.63) is 18.2 Å². The molecule has 0 aliphatic carbocycles. The van der Waals surface area contributed by atoms with Gasteiger partial charge in [-0.2, -0.15) is 4.98 Å². The van der Waals surface area contributed by atoms with E-state index in [2.05, 4.69) is 4.98 Å². The molecule has 4 heteroatoms. The van der Waals surface area contributed by atoms with Crippen molar-refractivity contribution in [1.82, 2.24) is 4.98 Å². The summed E-state index contributed by atoms with van der Waals surface area (Å²) < 4.78 is 4.96. The maximum absolute atomic E-state index is 4.96. The third-order valence-electron chi connectivity index (χ3n) is 1.44. The highest BCUT2D eigenvalue weighted by Gasteiger charge is 1.99. The van der Waals surface area contributed by atoms with Gasteiger partial charge in [0, 0.05) is 13.1 Å². The zero-order chi connectivity index (χ0) is 8.97. The molecule has 0 radical (unpaired) electrons. The molecule has 0 amide bonds. The molecule has 0 aliphatic rings. The third-order valence-corrected chi connectivity index (χ3v) is 1.75. The van der Waals surface area contributed by atoms with E-state index in [9.17, 15) is 0 Å². The quantitative estimate of drug-likeness (QED) is 0.661. The smallest absolute Gasteiger partial charge is 0.214 e. The fourth-order valence-corrected chi connectivity index (χ4v) is 0.876. The van der Waals surface area contributed by atoms with Gasteiger partial charge in [-0.25, -0.2) is 0 Å². The minimum Gasteiger partial charge on any atom is -0.481 e. The number of pyridine rings is 1. The molecule has 0 fully saturated rings. The molecule has 1 aromatic heterocycles. The predicted octanol–water partition coefficient (Wildman–Crippen LogP) is 1.48. The Morgan fingerprint density at radius 3 is 2.92 bits per heavy atom. The molecule has 3 nitrogen and oxygen atoms in total. The molecule has 12 heavy (non-hydrogen) atoms. The first-order valence-corrected chi connectivity index (χ1v) is 3.94. The first-order valence-electron chi connectivity index (χ1n) is 3.47. The van der Waals surface area contributed by atoms with Crippen molar-refractivity contribution in [3.8, 4) is 5.88 Å². The predicted molar refractivity (Wildman–Crippen MR) is 52.8 cm³/mol. The van der Waals surface area contributed by atoms with Crippen molar-refractivity contribution >= 4 is 23.5 Å². The van der Waals surface area contributed by atoms with Crippen molar-refractivity contribution in [2.45, 2.75) is 0 Å². The van der Waals surface area contributed by atoms with E-state index in [4.69, 9.17) is 17.0 Å². The number of hydrogen-bond donors (Lipinski definition) is 0. The van der Waals surface area contributed by atoms with E-state index in [1.807, 2.05) is 19.2 Å². The van der Waals surface area contributed by atoms with Gasteiger partial charge in [0.1, 0.15) is 5.82 Å². The highest BCUT2D eigenvalue weighted by molar-refractivity contribution is 7.79. The Morgan fingerprint density at radius 1 is 1.58 bits per heavy atom. The minimum atomic E-state index is 0.594. The van der Waals surface area contributed by atoms with Gasteiger partial charge in [-0.1, -0.05) is 18.3 Å². The van der Waals surface area contributed by atoms with Crippen molar-refractivity contribution in [1.29, 1.82) is 0 Å². The summed E-state index contributed by atoms with van der Waals surface area (Å²) in [6, 6.07) is 5.53. The van der Waals surface area contributed by atoms with Crippen LogP contribution in [0.4, 0.5) is 5.82 Å². The molecule has 1 heterocycles. The van der Waals surface area contributed by atoms with Crippen molar-refractivity contribution in [2.24, 2.45) is 0 Å². The van der Waals surface area contributed by atoms with E-state index in [1.54, 1.807) is 18.1 Å². The summed E-state index contributed by atoms with van der Waals surface area (Å²) in [5.41, 5.74) is 1.53. The molecule has 1 aromatic rings. The second-order valence-electron chi connectivity index (χ2n) is 2.25. The summed E-state index contributed by atoms with van der Waals surface area (Å²) >= 11 is 4.76. The molecule has 0 aliphatic heterocycles. The van der Waals surface area contributed by atoms with Crippen LogP contribution in [0, 0.1) is 0 Å². The highest BCUT2D eigenvalue weighted by atomic mass is 32.1. The van der Waals surface area contributed by atoms with Crippen LogP contribution < -0.4 is 9.64 Å². The van der Waals surface area contributed by atoms with Crippen molar-refractivity contribution < 1.29 is 4.74 Å². The van der Waals surface area contributed by atoms with Gasteiger partial charge in [0.05, 0.1) is 12.6 Å². The van der Waals surface area contributed by atoms with Crippen LogP contribution in [0.25, 0.3) is 0 Å². The van der Waals surface area contributed by atoms with Crippen molar-refractivity contribution in [2.75, 3.05) is 19.1 Å². The van der Waals surface area contributed by atoms with E-state index >= 15 is 0 Å². The van der Waals surface area contributed by atoms with Crippen LogP contribution in [0.1, 0.15) is 0 Å². The fourth-order valence-electron chi connectivity index (χ4n) is 0.768. The fraction of sp³-hybridized carbons (Fsp3) is 0.250. The van der Waals surface area contributed by atoms with Crippen LogP contribution in [0.3, 0.4) is 0 Å². The number of nitrogens with zero attached hydrogens (tertiary/aromatic N) is 2. The zero-order valence-electron chi connectivity index (χ0n) is 7.02. The number of aromatic nitrogens is 1. The lowest BCUT2D eigenvalue weighted by Crippen LogP contribution is -2.13. The molecule has 0 aromatic carbocycles. The number of anilines is 1. The maximum Gasteiger partial charge on any atom is 0.214 e. The third kappa shape index (κ3) is 1.92. The molecular formula is C8H10N2OS. The Labute approximate surface area is 77.0 Å². The van der Waals surface area contributed by atoms with Gasteiger partial charge >= 0.3 is 0 Å². The second kappa shape index (κ2) is 4.01. The van der Waals surface area contributed by atoms with Gasteiger partial charge in [-0.3, -0.25) is 0 Å². The summed E-state index contributed by atoms with van der Waals surface area (Å²) in [5, 5.41) is 0. The van der Waals surface area contributed by atoms with E-state index in [0.717, 1.165) is 5.82 Å². The van der Waals surface area contributed by atoms with Crippen LogP contribution >= 0.6 is 12.2 Å². The van der Waals surface area contributed by atoms with Gasteiger partial charge in [0.2, 0.25) is 5.88 Å². The molecule has 0 spiro atoms. The number of thiocarbonyl (C=S) groups is 1. The van der Waals surface area contributed by atoms with E-state index in [1.165, 1.54) is 5.49 Å². The van der Waals surface area contributed by atoms with E-state index in [-0.39, 0.29) is 0 Å². The molecule has 0 saturated carbocycles. The van der Waals surface area contributed by atoms with Gasteiger partial charge in [-0.15, -0.1) is 0 Å². The average molecular weight is 182 g/mol. The van der Waals surface area contributed by atoms with Crippen LogP contribution in [0.2, 0.25) is 0 Å². The standard InChI is InChI=1S/C8H10N2OS/c1-10(6-12)7-4-3-5-8(9-7)11-2/h3-6H,1-2H3. The molecule has 0 bridgehead atoms. The number of hydrogen-bond acceptors (Lipinski definition) is 3. The Morgan fingerprint density at radius 2 is 2.33 bits per heavy atom. The van der Waals surface area contributed by atoms with E-state index in [0.29, 0.717) is 5.88 Å². The second-order valence-corrected chi connectivity index (χ2v) is 2.47. The van der Waals surface area contributed by atoms with Gasteiger partial charge in [0.25, 0.3) is 0 Å². The summed E-state index contributed by atoms with van der Waals surface area (Å²) in [6.07, 6.45) is 0. The molecule has 0 saturated heterocycles. The maximum atomic E-state index is 4.96. The minimum absolute atomic E-state index is 0.594. The van der Waals surface area contributed by atoms with Crippen LogP contribution in [0.5, 0.6) is 5.88 Å². The largest absolute Gasteiger partial charge is 0.481 e. The average Bonchev–Trinajstić information content (AvgIpc) is 2.17. The van der Waals surface area contributed by atoms with Crippen LogP contribution in [-0.2, 0) is 0 Å². The number of ether oxygens (including phenoxy) is 1. The van der Waals surface area contributed by atoms with Crippen LogP contribution in [-0.4, -0.2) is 24.6 Å². The lowest BCUT2D eigenvalue weighted by atomic mass is 10.4. The number of methoxy groups -OCH3 is 1. The summed E-state index contributed by atoms with van der Waals surface area (Å²) in [5.74, 6) is 1.38. The first kappa shape index (κ1) is 8.93. The SMILES string of the molecule is COc1cccc(N(C)C=S)n1. The van der Waals surface area contributed by atoms with Crippen LogP contribution in [0.15, 0.2) is 18.2 Å². The Hall–Kier alpha value is -1.16. The Balaban J connectivity index is 2.93.